The Kier molecular flexibility index (Phi) is 2.44. The quantitative estimate of drug-likeness (QED) is 0.773. The number of aromatic amines is 1. The summed E-state index contributed by atoms with van der Waals surface area (Å²) in [4.78, 5) is 6.66. The van der Waals surface area contributed by atoms with E-state index in [9.17, 15) is 8.78 Å². The second kappa shape index (κ2) is 4.10. The maximum Gasteiger partial charge on any atom is 0.387 e. The smallest absolute Gasteiger partial charge is 0.387 e. The molecule has 0 aliphatic carbocycles. The minimum atomic E-state index is -2.84. The summed E-state index contributed by atoms with van der Waals surface area (Å²) in [7, 11) is 0. The van der Waals surface area contributed by atoms with Crippen molar-refractivity contribution < 1.29 is 13.5 Å². The van der Waals surface area contributed by atoms with Gasteiger partial charge < -0.3 is 9.72 Å². The Morgan fingerprint density at radius 1 is 1.39 bits per heavy atom. The molecule has 3 aromatic rings. The molecule has 1 N–H and O–H groups in total. The fourth-order valence-corrected chi connectivity index (χ4v) is 1.61. The molecule has 91 valence electrons. The Labute approximate surface area is 100 Å². The molecule has 0 saturated heterocycles. The minimum Gasteiger partial charge on any atom is -0.435 e. The molecule has 0 fully saturated rings. The van der Waals surface area contributed by atoms with Gasteiger partial charge in [0.2, 0.25) is 0 Å². The number of halogens is 2. The first-order valence-electron chi connectivity index (χ1n) is 5.09. The van der Waals surface area contributed by atoms with Crippen molar-refractivity contribution in [3.8, 4) is 11.4 Å². The number of aromatic nitrogens is 4. The number of imidazole rings is 1. The molecule has 0 aliphatic rings. The van der Waals surface area contributed by atoms with Gasteiger partial charge >= 0.3 is 6.61 Å². The van der Waals surface area contributed by atoms with Gasteiger partial charge in [-0.3, -0.25) is 0 Å². The zero-order valence-electron chi connectivity index (χ0n) is 8.97. The number of fused-ring (bicyclic) bond motifs is 1. The lowest BCUT2D eigenvalue weighted by molar-refractivity contribution is -0.0498. The molecule has 5 nitrogen and oxygen atoms in total. The van der Waals surface area contributed by atoms with Crippen molar-refractivity contribution >= 4 is 11.2 Å². The van der Waals surface area contributed by atoms with Crippen LogP contribution in [0.2, 0.25) is 0 Å². The normalized spacial score (nSPS) is 11.3. The Morgan fingerprint density at radius 2 is 2.28 bits per heavy atom. The Bertz CT molecular complexity index is 648. The van der Waals surface area contributed by atoms with Crippen molar-refractivity contribution in [1.82, 2.24) is 19.7 Å². The molecule has 0 aliphatic heterocycles. The van der Waals surface area contributed by atoms with Gasteiger partial charge in [-0.1, -0.05) is 6.07 Å². The standard InChI is InChI=1S/C11H7F2N4O/c12-11(13)18-8-3-1-2-7(4-8)17-5-9-10(16-17)15-6-14-9/h1-5,11H,(H,14,15,16). The van der Waals surface area contributed by atoms with Crippen molar-refractivity contribution in [3.05, 3.63) is 36.8 Å². The van der Waals surface area contributed by atoms with Gasteiger partial charge in [0.05, 0.1) is 11.9 Å². The zero-order chi connectivity index (χ0) is 12.5. The Hall–Kier alpha value is -2.44. The van der Waals surface area contributed by atoms with E-state index in [1.807, 2.05) is 0 Å². The largest absolute Gasteiger partial charge is 0.435 e. The first-order chi connectivity index (χ1) is 8.72. The van der Waals surface area contributed by atoms with E-state index in [0.717, 1.165) is 5.52 Å². The van der Waals surface area contributed by atoms with E-state index in [2.05, 4.69) is 26.1 Å². The van der Waals surface area contributed by atoms with Crippen molar-refractivity contribution in [2.45, 2.75) is 6.61 Å². The maximum absolute atomic E-state index is 12.1. The number of hydrogen-bond acceptors (Lipinski definition) is 3. The van der Waals surface area contributed by atoms with Gasteiger partial charge in [0.1, 0.15) is 11.3 Å². The molecule has 2 heterocycles. The third kappa shape index (κ3) is 1.90. The maximum atomic E-state index is 12.1. The third-order valence-corrected chi connectivity index (χ3v) is 2.35. The molecular formula is C11H7F2N4O. The van der Waals surface area contributed by atoms with Crippen molar-refractivity contribution in [2.24, 2.45) is 0 Å². The van der Waals surface area contributed by atoms with Crippen LogP contribution in [0.5, 0.6) is 5.75 Å². The van der Waals surface area contributed by atoms with E-state index in [1.165, 1.54) is 16.8 Å². The average Bonchev–Trinajstić information content (AvgIpc) is 2.88. The van der Waals surface area contributed by atoms with Crippen LogP contribution >= 0.6 is 0 Å². The highest BCUT2D eigenvalue weighted by molar-refractivity contribution is 5.69. The van der Waals surface area contributed by atoms with E-state index in [0.29, 0.717) is 11.3 Å². The first-order valence-corrected chi connectivity index (χ1v) is 5.09. The average molecular weight is 249 g/mol. The summed E-state index contributed by atoms with van der Waals surface area (Å²) in [5.41, 5.74) is 1.84. The molecule has 3 rings (SSSR count). The van der Waals surface area contributed by atoms with E-state index >= 15 is 0 Å². The van der Waals surface area contributed by atoms with Crippen LogP contribution in [0.3, 0.4) is 0 Å². The lowest BCUT2D eigenvalue weighted by atomic mass is 10.3. The van der Waals surface area contributed by atoms with Crippen LogP contribution in [-0.4, -0.2) is 26.4 Å². The third-order valence-electron chi connectivity index (χ3n) is 2.35. The van der Waals surface area contributed by atoms with Crippen LogP contribution in [0, 0.1) is 6.33 Å². The minimum absolute atomic E-state index is 0.0844. The van der Waals surface area contributed by atoms with Gasteiger partial charge in [-0.05, 0) is 12.1 Å². The second-order valence-electron chi connectivity index (χ2n) is 3.54. The lowest BCUT2D eigenvalue weighted by Gasteiger charge is -2.06. The zero-order valence-corrected chi connectivity index (χ0v) is 8.97. The topological polar surface area (TPSA) is 55.7 Å². The van der Waals surface area contributed by atoms with Crippen LogP contribution in [0.25, 0.3) is 16.9 Å². The van der Waals surface area contributed by atoms with Gasteiger partial charge in [-0.25, -0.2) is 9.67 Å². The number of ether oxygens (including phenoxy) is 1. The van der Waals surface area contributed by atoms with Gasteiger partial charge in [0, 0.05) is 6.07 Å². The molecule has 0 unspecified atom stereocenters. The van der Waals surface area contributed by atoms with Crippen molar-refractivity contribution in [3.63, 3.8) is 0 Å². The summed E-state index contributed by atoms with van der Waals surface area (Å²) in [5, 5.41) is 4.16. The molecule has 0 bridgehead atoms. The van der Waals surface area contributed by atoms with Crippen LogP contribution in [0.1, 0.15) is 0 Å². The highest BCUT2D eigenvalue weighted by Crippen LogP contribution is 2.19. The summed E-state index contributed by atoms with van der Waals surface area (Å²) >= 11 is 0. The SMILES string of the molecule is FC(F)Oc1cccc(-n2cc3[nH][c]nc3n2)c1. The monoisotopic (exact) mass is 249 g/mol. The van der Waals surface area contributed by atoms with Gasteiger partial charge in [0.15, 0.2) is 12.0 Å². The summed E-state index contributed by atoms with van der Waals surface area (Å²) in [5.74, 6) is 0.0844. The fourth-order valence-electron chi connectivity index (χ4n) is 1.61. The van der Waals surface area contributed by atoms with Gasteiger partial charge in [0.25, 0.3) is 0 Å². The van der Waals surface area contributed by atoms with E-state index < -0.39 is 6.61 Å². The van der Waals surface area contributed by atoms with Crippen molar-refractivity contribution in [1.29, 1.82) is 0 Å². The molecule has 2 aromatic heterocycles. The predicted molar refractivity (Wildman–Crippen MR) is 58.7 cm³/mol. The van der Waals surface area contributed by atoms with Gasteiger partial charge in [-0.2, -0.15) is 8.78 Å². The summed E-state index contributed by atoms with van der Waals surface area (Å²) in [6.45, 7) is -2.84. The molecule has 1 aromatic carbocycles. The van der Waals surface area contributed by atoms with Crippen LogP contribution in [-0.2, 0) is 0 Å². The molecule has 0 spiro atoms. The fraction of sp³-hybridized carbons (Fsp3) is 0.0909. The van der Waals surface area contributed by atoms with E-state index in [-0.39, 0.29) is 5.75 Å². The molecule has 1 radical (unpaired) electrons. The highest BCUT2D eigenvalue weighted by Gasteiger charge is 2.08. The van der Waals surface area contributed by atoms with Gasteiger partial charge in [-0.15, -0.1) is 5.10 Å². The summed E-state index contributed by atoms with van der Waals surface area (Å²) in [6, 6.07) is 6.27. The highest BCUT2D eigenvalue weighted by atomic mass is 19.3. The Balaban J connectivity index is 1.98. The number of nitrogens with one attached hydrogen (secondary N) is 1. The number of hydrogen-bond donors (Lipinski definition) is 1. The lowest BCUT2D eigenvalue weighted by Crippen LogP contribution is -2.03. The molecule has 0 saturated carbocycles. The van der Waals surface area contributed by atoms with Crippen molar-refractivity contribution in [2.75, 3.05) is 0 Å². The molecule has 0 amide bonds. The number of alkyl halides is 2. The van der Waals surface area contributed by atoms with Crippen LogP contribution in [0.4, 0.5) is 8.78 Å². The van der Waals surface area contributed by atoms with Crippen LogP contribution < -0.4 is 4.74 Å². The summed E-state index contributed by atoms with van der Waals surface area (Å²) in [6.07, 6.45) is 4.25. The second-order valence-corrected chi connectivity index (χ2v) is 3.54. The predicted octanol–water partition coefficient (Wildman–Crippen LogP) is 2.15. The Morgan fingerprint density at radius 3 is 3.06 bits per heavy atom. The number of benzene rings is 1. The van der Waals surface area contributed by atoms with Crippen LogP contribution in [0.15, 0.2) is 30.5 Å². The number of rotatable bonds is 3. The first kappa shape index (κ1) is 10.7. The number of nitrogens with zero attached hydrogens (tertiary/aromatic N) is 3. The number of H-pyrrole nitrogens is 1. The summed E-state index contributed by atoms with van der Waals surface area (Å²) < 4.78 is 30.1. The molecule has 7 heteroatoms. The van der Waals surface area contributed by atoms with E-state index in [4.69, 9.17) is 0 Å². The molecular weight excluding hydrogens is 242 g/mol. The molecule has 0 atom stereocenters. The molecule has 18 heavy (non-hydrogen) atoms. The van der Waals surface area contributed by atoms with E-state index in [1.54, 1.807) is 18.3 Å².